The van der Waals surface area contributed by atoms with Crippen molar-refractivity contribution < 1.29 is 29.6 Å². The van der Waals surface area contributed by atoms with E-state index in [0.29, 0.717) is 0 Å². The molecule has 1 aliphatic heterocycles. The number of hydrogen-bond donors (Lipinski definition) is 5. The lowest BCUT2D eigenvalue weighted by Crippen LogP contribution is -2.75. The Morgan fingerprint density at radius 1 is 1.37 bits per heavy atom. The quantitative estimate of drug-likeness (QED) is 0.195. The van der Waals surface area contributed by atoms with Crippen molar-refractivity contribution in [3.63, 3.8) is 0 Å². The van der Waals surface area contributed by atoms with Crippen LogP contribution in [-0.4, -0.2) is 91.6 Å². The van der Waals surface area contributed by atoms with Gasteiger partial charge < -0.3 is 30.2 Å². The van der Waals surface area contributed by atoms with Gasteiger partial charge in [-0.15, -0.1) is 0 Å². The molecular formula is C23H26BFN8O5. The third-order valence-electron chi connectivity index (χ3n) is 6.64. The Kier molecular flexibility index (Phi) is 7.75. The van der Waals surface area contributed by atoms with Crippen LogP contribution >= 0.6 is 0 Å². The fraction of sp³-hybridized carbons (Fsp3) is 0.478. The monoisotopic (exact) mass is 524 g/mol. The zero-order valence-electron chi connectivity index (χ0n) is 20.9. The van der Waals surface area contributed by atoms with Crippen LogP contribution in [0.25, 0.3) is 0 Å². The van der Waals surface area contributed by atoms with E-state index < -0.39 is 47.7 Å². The summed E-state index contributed by atoms with van der Waals surface area (Å²) in [7, 11) is 5.75. The van der Waals surface area contributed by atoms with Crippen LogP contribution < -0.4 is 10.2 Å². The summed E-state index contributed by atoms with van der Waals surface area (Å²) in [6.07, 6.45) is 2.28. The van der Waals surface area contributed by atoms with E-state index in [1.54, 1.807) is 6.07 Å². The molecule has 15 heteroatoms. The van der Waals surface area contributed by atoms with Gasteiger partial charge >= 0.3 is 0 Å². The van der Waals surface area contributed by atoms with E-state index >= 15 is 0 Å². The van der Waals surface area contributed by atoms with Gasteiger partial charge in [-0.2, -0.15) is 10.5 Å². The predicted octanol–water partition coefficient (Wildman–Crippen LogP) is -1.14. The maximum Gasteiger partial charge on any atom is 0.246 e. The number of fused-ring (bicyclic) bond motifs is 1. The highest BCUT2D eigenvalue weighted by Gasteiger charge is 2.67. The SMILES string of the molecule is [B]C(O)(O)C1(C(O)(O)NC(C)N(CC)C(=O)C(C)(C#N)CF)CN(c2cc(C#N)ccn2)c2ncncc21. The molecule has 5 N–H and O–H groups in total. The normalized spacial score (nSPS) is 19.6. The molecule has 3 atom stereocenters. The lowest BCUT2D eigenvalue weighted by atomic mass is 9.63. The van der Waals surface area contributed by atoms with Gasteiger partial charge in [0, 0.05) is 31.0 Å². The van der Waals surface area contributed by atoms with E-state index in [-0.39, 0.29) is 29.3 Å². The number of rotatable bonds is 9. The molecule has 1 amide bonds. The molecule has 3 unspecified atom stereocenters. The fourth-order valence-corrected chi connectivity index (χ4v) is 4.47. The number of alkyl halides is 1. The molecule has 0 bridgehead atoms. The molecule has 198 valence electrons. The molecule has 38 heavy (non-hydrogen) atoms. The molecule has 0 aromatic carbocycles. The Bertz CT molecular complexity index is 1300. The third kappa shape index (κ3) is 4.55. The van der Waals surface area contributed by atoms with Crippen LogP contribution in [0, 0.1) is 28.1 Å². The average molecular weight is 524 g/mol. The molecule has 13 nitrogen and oxygen atoms in total. The Morgan fingerprint density at radius 2 is 2.05 bits per heavy atom. The van der Waals surface area contributed by atoms with Crippen molar-refractivity contribution in [3.8, 4) is 12.1 Å². The summed E-state index contributed by atoms with van der Waals surface area (Å²) in [5.74, 6) is -4.13. The number of carbonyl (C=O) groups is 1. The second-order valence-electron chi connectivity index (χ2n) is 9.15. The molecule has 0 spiro atoms. The predicted molar refractivity (Wildman–Crippen MR) is 129 cm³/mol. The van der Waals surface area contributed by atoms with Crippen molar-refractivity contribution in [1.29, 1.82) is 10.5 Å². The second-order valence-corrected chi connectivity index (χ2v) is 9.15. The first-order valence-electron chi connectivity index (χ1n) is 11.4. The van der Waals surface area contributed by atoms with Gasteiger partial charge in [0.15, 0.2) is 13.3 Å². The summed E-state index contributed by atoms with van der Waals surface area (Å²) in [6, 6.07) is 6.39. The number of nitrogens with zero attached hydrogens (tertiary/aromatic N) is 7. The van der Waals surface area contributed by atoms with Crippen molar-refractivity contribution in [1.82, 2.24) is 25.2 Å². The van der Waals surface area contributed by atoms with E-state index in [1.165, 1.54) is 37.1 Å². The van der Waals surface area contributed by atoms with E-state index in [0.717, 1.165) is 24.3 Å². The van der Waals surface area contributed by atoms with Gasteiger partial charge in [0.2, 0.25) is 11.8 Å². The van der Waals surface area contributed by atoms with Gasteiger partial charge in [0.25, 0.3) is 0 Å². The van der Waals surface area contributed by atoms with E-state index in [2.05, 4.69) is 20.3 Å². The Balaban J connectivity index is 2.12. The van der Waals surface area contributed by atoms with Gasteiger partial charge in [0.1, 0.15) is 35.7 Å². The first-order chi connectivity index (χ1) is 17.7. The minimum atomic E-state index is -3.34. The number of pyridine rings is 1. The van der Waals surface area contributed by atoms with Gasteiger partial charge in [0.05, 0.1) is 23.9 Å². The maximum absolute atomic E-state index is 13.6. The average Bonchev–Trinajstić information content (AvgIpc) is 3.26. The Morgan fingerprint density at radius 3 is 2.61 bits per heavy atom. The molecule has 3 rings (SSSR count). The van der Waals surface area contributed by atoms with Crippen LogP contribution in [0.15, 0.2) is 30.9 Å². The van der Waals surface area contributed by atoms with Crippen molar-refractivity contribution in [2.75, 3.05) is 24.7 Å². The largest absolute Gasteiger partial charge is 0.374 e. The number of nitrogens with one attached hydrogen (secondary N) is 1. The lowest BCUT2D eigenvalue weighted by Gasteiger charge is -2.49. The highest BCUT2D eigenvalue weighted by molar-refractivity contribution is 6.14. The first kappa shape index (κ1) is 28.8. The second kappa shape index (κ2) is 10.2. The molecule has 0 saturated heterocycles. The summed E-state index contributed by atoms with van der Waals surface area (Å²) < 4.78 is 13.6. The number of amides is 1. The standard InChI is InChI=1S/C23H26BFN8O5/c1-4-32(19(34)20(3,10-25)11-27)14(2)31-23(37,38)21(22(24,35)36)12-33(18-16(21)9-28-13-30-18)17-7-15(8-26)5-6-29-17/h5-7,9,13-14,31,35-38H,4,10,12H2,1-3H3. The van der Waals surface area contributed by atoms with Crippen molar-refractivity contribution in [2.45, 2.75) is 43.9 Å². The molecule has 1 aliphatic rings. The number of aliphatic hydroxyl groups is 4. The zero-order valence-corrected chi connectivity index (χ0v) is 20.9. The van der Waals surface area contributed by atoms with Crippen LogP contribution in [0.2, 0.25) is 0 Å². The number of anilines is 2. The number of nitriles is 2. The Hall–Kier alpha value is -3.73. The smallest absolute Gasteiger partial charge is 0.246 e. The number of halogens is 1. The maximum atomic E-state index is 13.6. The van der Waals surface area contributed by atoms with Crippen LogP contribution in [0.4, 0.5) is 16.0 Å². The summed E-state index contributed by atoms with van der Waals surface area (Å²) >= 11 is 0. The number of hydrogen-bond acceptors (Lipinski definition) is 12. The fourth-order valence-electron chi connectivity index (χ4n) is 4.47. The highest BCUT2D eigenvalue weighted by Crippen LogP contribution is 2.51. The van der Waals surface area contributed by atoms with Gasteiger partial charge in [-0.1, -0.05) is 0 Å². The minimum Gasteiger partial charge on any atom is -0.374 e. The van der Waals surface area contributed by atoms with Gasteiger partial charge in [-0.3, -0.25) is 4.79 Å². The van der Waals surface area contributed by atoms with Crippen molar-refractivity contribution in [3.05, 3.63) is 42.0 Å². The van der Waals surface area contributed by atoms with Crippen LogP contribution in [0.5, 0.6) is 0 Å². The summed E-state index contributed by atoms with van der Waals surface area (Å²) in [4.78, 5) is 27.4. The van der Waals surface area contributed by atoms with Crippen molar-refractivity contribution >= 4 is 25.4 Å². The summed E-state index contributed by atoms with van der Waals surface area (Å²) in [6.45, 7) is 1.96. The summed E-state index contributed by atoms with van der Waals surface area (Å²) in [5.41, 5.74) is -7.97. The van der Waals surface area contributed by atoms with E-state index in [1.807, 2.05) is 6.07 Å². The minimum absolute atomic E-state index is 0.0136. The van der Waals surface area contributed by atoms with Crippen LogP contribution in [0.1, 0.15) is 31.9 Å². The Labute approximate surface area is 219 Å². The number of aromatic nitrogens is 3. The van der Waals surface area contributed by atoms with E-state index in [4.69, 9.17) is 7.85 Å². The van der Waals surface area contributed by atoms with Gasteiger partial charge in [-0.05, 0) is 32.9 Å². The molecular weight excluding hydrogens is 498 g/mol. The molecule has 0 fully saturated rings. The molecule has 0 saturated carbocycles. The molecule has 2 radical (unpaired) electrons. The summed E-state index contributed by atoms with van der Waals surface area (Å²) in [5, 5.41) is 65.4. The molecule has 2 aromatic heterocycles. The van der Waals surface area contributed by atoms with Crippen molar-refractivity contribution in [2.24, 2.45) is 5.41 Å². The van der Waals surface area contributed by atoms with Crippen LogP contribution in [-0.2, 0) is 10.2 Å². The first-order valence-corrected chi connectivity index (χ1v) is 11.4. The van der Waals surface area contributed by atoms with Gasteiger partial charge in [-0.25, -0.2) is 24.7 Å². The van der Waals surface area contributed by atoms with Crippen LogP contribution in [0.3, 0.4) is 0 Å². The number of carbonyl (C=O) groups excluding carboxylic acids is 1. The third-order valence-corrected chi connectivity index (χ3v) is 6.64. The molecule has 2 aromatic rings. The zero-order chi connectivity index (χ0) is 28.5. The molecule has 0 aliphatic carbocycles. The lowest BCUT2D eigenvalue weighted by molar-refractivity contribution is -0.302. The van der Waals surface area contributed by atoms with E-state index in [9.17, 15) is 40.1 Å². The highest BCUT2D eigenvalue weighted by atomic mass is 19.1. The molecule has 3 heterocycles. The topological polar surface area (TPSA) is 203 Å².